The van der Waals surface area contributed by atoms with Crippen molar-refractivity contribution in [2.24, 2.45) is 0 Å². The van der Waals surface area contributed by atoms with Crippen LogP contribution in [0.2, 0.25) is 0 Å². The van der Waals surface area contributed by atoms with Crippen LogP contribution in [0.4, 0.5) is 10.5 Å². The highest BCUT2D eigenvalue weighted by Gasteiger charge is 2.13. The standard InChI is InChI=1S/C23H34N4O/c1-17-18(2)25-22-16-20(14-15-21(22)24-17)27-23(28)26-19-12-10-8-6-4-3-5-7-9-11-13-19/h14-16,19H,3-13H2,1-2H3,(H2,26,27,28). The average molecular weight is 383 g/mol. The molecule has 5 nitrogen and oxygen atoms in total. The van der Waals surface area contributed by atoms with Gasteiger partial charge < -0.3 is 10.6 Å². The van der Waals surface area contributed by atoms with Crippen LogP contribution in [0.15, 0.2) is 18.2 Å². The van der Waals surface area contributed by atoms with Gasteiger partial charge in [-0.25, -0.2) is 14.8 Å². The Morgan fingerprint density at radius 1 is 0.821 bits per heavy atom. The van der Waals surface area contributed by atoms with Crippen LogP contribution in [-0.2, 0) is 0 Å². The Balaban J connectivity index is 1.58. The van der Waals surface area contributed by atoms with Gasteiger partial charge in [0.1, 0.15) is 0 Å². The van der Waals surface area contributed by atoms with E-state index in [1.807, 2.05) is 32.0 Å². The number of nitrogens with zero attached hydrogens (tertiary/aromatic N) is 2. The molecule has 3 rings (SSSR count). The van der Waals surface area contributed by atoms with Crippen molar-refractivity contribution in [3.05, 3.63) is 29.6 Å². The van der Waals surface area contributed by atoms with Crippen molar-refractivity contribution in [1.29, 1.82) is 0 Å². The number of aromatic nitrogens is 2. The lowest BCUT2D eigenvalue weighted by atomic mass is 9.98. The molecule has 0 bridgehead atoms. The Morgan fingerprint density at radius 3 is 1.96 bits per heavy atom. The van der Waals surface area contributed by atoms with E-state index in [2.05, 4.69) is 20.6 Å². The largest absolute Gasteiger partial charge is 0.335 e. The Morgan fingerprint density at radius 2 is 1.36 bits per heavy atom. The lowest BCUT2D eigenvalue weighted by Gasteiger charge is -2.20. The zero-order valence-corrected chi connectivity index (χ0v) is 17.4. The monoisotopic (exact) mass is 382 g/mol. The molecule has 1 saturated carbocycles. The van der Waals surface area contributed by atoms with E-state index in [9.17, 15) is 4.79 Å². The first kappa shape index (κ1) is 20.6. The van der Waals surface area contributed by atoms with Crippen LogP contribution >= 0.6 is 0 Å². The second-order valence-electron chi connectivity index (χ2n) is 8.15. The lowest BCUT2D eigenvalue weighted by molar-refractivity contribution is 0.246. The molecule has 1 aromatic heterocycles. The molecule has 1 heterocycles. The molecule has 2 N–H and O–H groups in total. The van der Waals surface area contributed by atoms with Crippen LogP contribution in [0, 0.1) is 13.8 Å². The maximum Gasteiger partial charge on any atom is 0.319 e. The fourth-order valence-electron chi connectivity index (χ4n) is 3.97. The highest BCUT2D eigenvalue weighted by molar-refractivity contribution is 5.92. The second kappa shape index (κ2) is 10.4. The molecular weight excluding hydrogens is 348 g/mol. The summed E-state index contributed by atoms with van der Waals surface area (Å²) in [6.45, 7) is 3.92. The minimum atomic E-state index is -0.117. The van der Waals surface area contributed by atoms with Gasteiger partial charge >= 0.3 is 6.03 Å². The third-order valence-electron chi connectivity index (χ3n) is 5.77. The highest BCUT2D eigenvalue weighted by atomic mass is 16.2. The molecule has 0 radical (unpaired) electrons. The Kier molecular flexibility index (Phi) is 7.63. The fourth-order valence-corrected chi connectivity index (χ4v) is 3.97. The number of fused-ring (bicyclic) bond motifs is 1. The number of nitrogens with one attached hydrogen (secondary N) is 2. The van der Waals surface area contributed by atoms with Crippen molar-refractivity contribution >= 4 is 22.8 Å². The zero-order chi connectivity index (χ0) is 19.8. The van der Waals surface area contributed by atoms with Gasteiger partial charge in [0, 0.05) is 11.7 Å². The van der Waals surface area contributed by atoms with Gasteiger partial charge in [-0.15, -0.1) is 0 Å². The molecule has 0 unspecified atom stereocenters. The molecule has 1 aliphatic rings. The second-order valence-corrected chi connectivity index (χ2v) is 8.15. The van der Waals surface area contributed by atoms with Gasteiger partial charge in [-0.1, -0.05) is 57.8 Å². The molecule has 5 heteroatoms. The number of anilines is 1. The van der Waals surface area contributed by atoms with Crippen molar-refractivity contribution in [3.8, 4) is 0 Å². The van der Waals surface area contributed by atoms with E-state index in [0.29, 0.717) is 0 Å². The van der Waals surface area contributed by atoms with E-state index < -0.39 is 0 Å². The molecular formula is C23H34N4O. The molecule has 0 saturated heterocycles. The van der Waals surface area contributed by atoms with E-state index in [0.717, 1.165) is 41.0 Å². The third-order valence-corrected chi connectivity index (χ3v) is 5.77. The van der Waals surface area contributed by atoms with Gasteiger partial charge in [0.05, 0.1) is 22.4 Å². The van der Waals surface area contributed by atoms with Crippen molar-refractivity contribution in [3.63, 3.8) is 0 Å². The molecule has 152 valence electrons. The van der Waals surface area contributed by atoms with E-state index in [-0.39, 0.29) is 12.1 Å². The first-order valence-corrected chi connectivity index (χ1v) is 10.9. The molecule has 1 fully saturated rings. The molecule has 2 amide bonds. The number of hydrogen-bond donors (Lipinski definition) is 2. The van der Waals surface area contributed by atoms with E-state index >= 15 is 0 Å². The summed E-state index contributed by atoms with van der Waals surface area (Å²) in [6.07, 6.45) is 13.9. The fraction of sp³-hybridized carbons (Fsp3) is 0.609. The summed E-state index contributed by atoms with van der Waals surface area (Å²) in [5.74, 6) is 0. The molecule has 2 aromatic rings. The summed E-state index contributed by atoms with van der Waals surface area (Å²) in [4.78, 5) is 21.7. The molecule has 28 heavy (non-hydrogen) atoms. The maximum absolute atomic E-state index is 12.6. The number of urea groups is 1. The Labute approximate surface area is 168 Å². The number of hydrogen-bond acceptors (Lipinski definition) is 3. The Bertz CT molecular complexity index is 778. The van der Waals surface area contributed by atoms with Gasteiger partial charge in [-0.2, -0.15) is 0 Å². The van der Waals surface area contributed by atoms with Gasteiger partial charge in [-0.3, -0.25) is 0 Å². The third kappa shape index (κ3) is 6.18. The average Bonchev–Trinajstić information content (AvgIpc) is 2.65. The minimum Gasteiger partial charge on any atom is -0.335 e. The van der Waals surface area contributed by atoms with Crippen molar-refractivity contribution in [1.82, 2.24) is 15.3 Å². The van der Waals surface area contributed by atoms with Gasteiger partial charge in [0.25, 0.3) is 0 Å². The number of rotatable bonds is 2. The van der Waals surface area contributed by atoms with Crippen LogP contribution in [0.1, 0.15) is 82.0 Å². The molecule has 0 atom stereocenters. The summed E-state index contributed by atoms with van der Waals surface area (Å²) in [6, 6.07) is 5.86. The molecule has 0 aliphatic heterocycles. The number of carbonyl (C=O) groups excluding carboxylic acids is 1. The summed E-state index contributed by atoms with van der Waals surface area (Å²) in [7, 11) is 0. The van der Waals surface area contributed by atoms with E-state index in [4.69, 9.17) is 0 Å². The maximum atomic E-state index is 12.6. The summed E-state index contributed by atoms with van der Waals surface area (Å²) in [5, 5.41) is 6.19. The predicted octanol–water partition coefficient (Wildman–Crippen LogP) is 6.04. The van der Waals surface area contributed by atoms with Crippen molar-refractivity contribution in [2.45, 2.75) is 90.5 Å². The first-order valence-electron chi connectivity index (χ1n) is 10.9. The predicted molar refractivity (Wildman–Crippen MR) is 116 cm³/mol. The number of benzene rings is 1. The molecule has 1 aromatic carbocycles. The van der Waals surface area contributed by atoms with Gasteiger partial charge in [0.2, 0.25) is 0 Å². The highest BCUT2D eigenvalue weighted by Crippen LogP contribution is 2.19. The lowest BCUT2D eigenvalue weighted by Crippen LogP contribution is -2.38. The van der Waals surface area contributed by atoms with Crippen LogP contribution in [-0.4, -0.2) is 22.0 Å². The van der Waals surface area contributed by atoms with Gasteiger partial charge in [0.15, 0.2) is 0 Å². The zero-order valence-electron chi connectivity index (χ0n) is 17.4. The topological polar surface area (TPSA) is 66.9 Å². The van der Waals surface area contributed by atoms with Gasteiger partial charge in [-0.05, 0) is 44.9 Å². The molecule has 0 spiro atoms. The number of aryl methyl sites for hydroxylation is 2. The quantitative estimate of drug-likeness (QED) is 0.665. The summed E-state index contributed by atoms with van der Waals surface area (Å²) >= 11 is 0. The smallest absolute Gasteiger partial charge is 0.319 e. The van der Waals surface area contributed by atoms with Crippen LogP contribution < -0.4 is 10.6 Å². The Hall–Kier alpha value is -2.17. The summed E-state index contributed by atoms with van der Waals surface area (Å²) in [5.41, 5.74) is 4.28. The summed E-state index contributed by atoms with van der Waals surface area (Å²) < 4.78 is 0. The number of carbonyl (C=O) groups is 1. The SMILES string of the molecule is Cc1nc2ccc(NC(=O)NC3CCCCCCCCCCC3)cc2nc1C. The normalized spacial score (nSPS) is 17.5. The van der Waals surface area contributed by atoms with Crippen LogP contribution in [0.3, 0.4) is 0 Å². The van der Waals surface area contributed by atoms with Crippen molar-refractivity contribution < 1.29 is 4.79 Å². The van der Waals surface area contributed by atoms with Crippen LogP contribution in [0.5, 0.6) is 0 Å². The molecule has 1 aliphatic carbocycles. The van der Waals surface area contributed by atoms with Crippen molar-refractivity contribution in [2.75, 3.05) is 5.32 Å². The first-order chi connectivity index (χ1) is 13.6. The number of amides is 2. The van der Waals surface area contributed by atoms with Crippen LogP contribution in [0.25, 0.3) is 11.0 Å². The van der Waals surface area contributed by atoms with E-state index in [1.165, 1.54) is 57.8 Å². The minimum absolute atomic E-state index is 0.117. The van der Waals surface area contributed by atoms with E-state index in [1.54, 1.807) is 0 Å².